The Kier molecular flexibility index (Phi) is 5.93. The van der Waals surface area contributed by atoms with E-state index in [0.29, 0.717) is 6.61 Å². The van der Waals surface area contributed by atoms with Gasteiger partial charge in [-0.2, -0.15) is 0 Å². The molecule has 3 nitrogen and oxygen atoms in total. The van der Waals surface area contributed by atoms with Crippen molar-refractivity contribution >= 4 is 27.6 Å². The largest absolute Gasteiger partial charge is 0.465 e. The summed E-state index contributed by atoms with van der Waals surface area (Å²) in [6, 6.07) is 8.04. The highest BCUT2D eigenvalue weighted by Crippen LogP contribution is 2.10. The SMILES string of the molecule is CCOC(=O)CNc1ccc(CCBr)cc1. The molecule has 0 spiro atoms. The van der Waals surface area contributed by atoms with Gasteiger partial charge in [-0.15, -0.1) is 0 Å². The Morgan fingerprint density at radius 2 is 2.06 bits per heavy atom. The van der Waals surface area contributed by atoms with Gasteiger partial charge in [-0.25, -0.2) is 0 Å². The van der Waals surface area contributed by atoms with E-state index in [4.69, 9.17) is 4.74 Å². The first-order chi connectivity index (χ1) is 7.76. The van der Waals surface area contributed by atoms with Crippen molar-refractivity contribution in [3.63, 3.8) is 0 Å². The lowest BCUT2D eigenvalue weighted by Gasteiger charge is -2.06. The Labute approximate surface area is 104 Å². The number of carbonyl (C=O) groups is 1. The van der Waals surface area contributed by atoms with Gasteiger partial charge >= 0.3 is 5.97 Å². The van der Waals surface area contributed by atoms with Gasteiger partial charge in [0.15, 0.2) is 0 Å². The zero-order valence-corrected chi connectivity index (χ0v) is 10.9. The number of hydrogen-bond acceptors (Lipinski definition) is 3. The van der Waals surface area contributed by atoms with Crippen LogP contribution in [0, 0.1) is 0 Å². The van der Waals surface area contributed by atoms with E-state index in [1.54, 1.807) is 6.92 Å². The summed E-state index contributed by atoms with van der Waals surface area (Å²) in [5, 5.41) is 3.97. The summed E-state index contributed by atoms with van der Waals surface area (Å²) in [4.78, 5) is 11.1. The molecule has 88 valence electrons. The summed E-state index contributed by atoms with van der Waals surface area (Å²) < 4.78 is 4.82. The maximum atomic E-state index is 11.1. The number of carbonyl (C=O) groups excluding carboxylic acids is 1. The van der Waals surface area contributed by atoms with Crippen molar-refractivity contribution < 1.29 is 9.53 Å². The van der Waals surface area contributed by atoms with Crippen molar-refractivity contribution in [1.82, 2.24) is 0 Å². The van der Waals surface area contributed by atoms with Gasteiger partial charge in [0.1, 0.15) is 6.54 Å². The van der Waals surface area contributed by atoms with Crippen LogP contribution in [0.1, 0.15) is 12.5 Å². The van der Waals surface area contributed by atoms with E-state index in [2.05, 4.69) is 33.4 Å². The highest BCUT2D eigenvalue weighted by molar-refractivity contribution is 9.09. The fraction of sp³-hybridized carbons (Fsp3) is 0.417. The number of halogens is 1. The third-order valence-corrected chi connectivity index (χ3v) is 2.48. The summed E-state index contributed by atoms with van der Waals surface area (Å²) in [5.41, 5.74) is 2.21. The van der Waals surface area contributed by atoms with Crippen molar-refractivity contribution in [2.24, 2.45) is 0 Å². The van der Waals surface area contributed by atoms with Gasteiger partial charge in [0.2, 0.25) is 0 Å². The average Bonchev–Trinajstić information content (AvgIpc) is 2.29. The summed E-state index contributed by atoms with van der Waals surface area (Å²) in [5.74, 6) is -0.230. The van der Waals surface area contributed by atoms with Crippen LogP contribution in [-0.4, -0.2) is 24.5 Å². The molecule has 16 heavy (non-hydrogen) atoms. The molecule has 1 N–H and O–H groups in total. The van der Waals surface area contributed by atoms with Gasteiger partial charge in [0, 0.05) is 11.0 Å². The second-order valence-electron chi connectivity index (χ2n) is 3.29. The summed E-state index contributed by atoms with van der Waals surface area (Å²) in [6.45, 7) is 2.43. The van der Waals surface area contributed by atoms with Crippen LogP contribution in [0.25, 0.3) is 0 Å². The molecule has 0 aromatic heterocycles. The number of hydrogen-bond donors (Lipinski definition) is 1. The second-order valence-corrected chi connectivity index (χ2v) is 4.09. The summed E-state index contributed by atoms with van der Waals surface area (Å²) in [7, 11) is 0. The molecule has 4 heteroatoms. The van der Waals surface area contributed by atoms with E-state index < -0.39 is 0 Å². The first-order valence-electron chi connectivity index (χ1n) is 5.30. The topological polar surface area (TPSA) is 38.3 Å². The molecule has 0 saturated carbocycles. The second kappa shape index (κ2) is 7.28. The number of nitrogens with one attached hydrogen (secondary N) is 1. The molecule has 1 rings (SSSR count). The van der Waals surface area contributed by atoms with Crippen LogP contribution in [-0.2, 0) is 16.0 Å². The van der Waals surface area contributed by atoms with Gasteiger partial charge in [0.05, 0.1) is 6.61 Å². The number of esters is 1. The number of alkyl halides is 1. The molecule has 0 unspecified atom stereocenters. The predicted octanol–water partition coefficient (Wildman–Crippen LogP) is 2.60. The van der Waals surface area contributed by atoms with E-state index in [1.807, 2.05) is 12.1 Å². The van der Waals surface area contributed by atoms with Gasteiger partial charge in [-0.1, -0.05) is 28.1 Å². The molecular weight excluding hydrogens is 270 g/mol. The normalized spacial score (nSPS) is 9.88. The maximum Gasteiger partial charge on any atom is 0.325 e. The van der Waals surface area contributed by atoms with Crippen molar-refractivity contribution in [1.29, 1.82) is 0 Å². The van der Waals surface area contributed by atoms with Gasteiger partial charge in [-0.05, 0) is 31.0 Å². The molecule has 0 amide bonds. The van der Waals surface area contributed by atoms with E-state index in [1.165, 1.54) is 5.56 Å². The Morgan fingerprint density at radius 3 is 2.62 bits per heavy atom. The minimum absolute atomic E-state index is 0.214. The quantitative estimate of drug-likeness (QED) is 0.645. The molecule has 0 atom stereocenters. The molecule has 0 heterocycles. The highest BCUT2D eigenvalue weighted by Gasteiger charge is 2.00. The number of aryl methyl sites for hydroxylation is 1. The smallest absolute Gasteiger partial charge is 0.325 e. The fourth-order valence-electron chi connectivity index (χ4n) is 1.28. The Morgan fingerprint density at radius 1 is 1.38 bits per heavy atom. The molecule has 0 aliphatic heterocycles. The molecular formula is C12H16BrNO2. The number of rotatable bonds is 6. The standard InChI is InChI=1S/C12H16BrNO2/c1-2-16-12(15)9-14-11-5-3-10(4-6-11)7-8-13/h3-6,14H,2,7-9H2,1H3. The molecule has 0 aliphatic carbocycles. The Bertz CT molecular complexity index is 324. The lowest BCUT2D eigenvalue weighted by atomic mass is 10.1. The van der Waals surface area contributed by atoms with Crippen molar-refractivity contribution in [3.05, 3.63) is 29.8 Å². The first kappa shape index (κ1) is 13.0. The molecule has 0 saturated heterocycles. The number of ether oxygens (including phenoxy) is 1. The van der Waals surface area contributed by atoms with Crippen LogP contribution < -0.4 is 5.32 Å². The van der Waals surface area contributed by atoms with E-state index in [-0.39, 0.29) is 12.5 Å². The molecule has 0 radical (unpaired) electrons. The van der Waals surface area contributed by atoms with Crippen LogP contribution in [0.2, 0.25) is 0 Å². The Hall–Kier alpha value is -1.03. The minimum Gasteiger partial charge on any atom is -0.465 e. The summed E-state index contributed by atoms with van der Waals surface area (Å²) >= 11 is 3.39. The molecule has 1 aromatic rings. The van der Waals surface area contributed by atoms with Crippen LogP contribution in [0.3, 0.4) is 0 Å². The Balaban J connectivity index is 2.40. The third-order valence-electron chi connectivity index (χ3n) is 2.08. The van der Waals surface area contributed by atoms with Crippen LogP contribution >= 0.6 is 15.9 Å². The minimum atomic E-state index is -0.230. The summed E-state index contributed by atoms with van der Waals surface area (Å²) in [6.07, 6.45) is 1.01. The highest BCUT2D eigenvalue weighted by atomic mass is 79.9. The van der Waals surface area contributed by atoms with Crippen molar-refractivity contribution in [2.45, 2.75) is 13.3 Å². The van der Waals surface area contributed by atoms with Crippen LogP contribution in [0.5, 0.6) is 0 Å². The number of anilines is 1. The molecule has 0 aliphatic rings. The molecule has 0 fully saturated rings. The maximum absolute atomic E-state index is 11.1. The van der Waals surface area contributed by atoms with Gasteiger partial charge < -0.3 is 10.1 Å². The van der Waals surface area contributed by atoms with Gasteiger partial charge in [0.25, 0.3) is 0 Å². The monoisotopic (exact) mass is 285 g/mol. The number of benzene rings is 1. The molecule has 1 aromatic carbocycles. The van der Waals surface area contributed by atoms with E-state index in [0.717, 1.165) is 17.4 Å². The van der Waals surface area contributed by atoms with E-state index in [9.17, 15) is 4.79 Å². The van der Waals surface area contributed by atoms with Crippen LogP contribution in [0.15, 0.2) is 24.3 Å². The first-order valence-corrected chi connectivity index (χ1v) is 6.42. The lowest BCUT2D eigenvalue weighted by molar-refractivity contribution is -0.140. The fourth-order valence-corrected chi connectivity index (χ4v) is 1.74. The average molecular weight is 286 g/mol. The van der Waals surface area contributed by atoms with Crippen LogP contribution in [0.4, 0.5) is 5.69 Å². The lowest BCUT2D eigenvalue weighted by Crippen LogP contribution is -2.16. The predicted molar refractivity (Wildman–Crippen MR) is 69.1 cm³/mol. The van der Waals surface area contributed by atoms with Crippen molar-refractivity contribution in [2.75, 3.05) is 23.8 Å². The zero-order valence-electron chi connectivity index (χ0n) is 9.33. The van der Waals surface area contributed by atoms with Crippen molar-refractivity contribution in [3.8, 4) is 0 Å². The molecule has 0 bridgehead atoms. The zero-order chi connectivity index (χ0) is 11.8. The third kappa shape index (κ3) is 4.66. The van der Waals surface area contributed by atoms with E-state index >= 15 is 0 Å². The van der Waals surface area contributed by atoms with Gasteiger partial charge in [-0.3, -0.25) is 4.79 Å².